The molecule has 78 valence electrons. The lowest BCUT2D eigenvalue weighted by molar-refractivity contribution is 0.599. The summed E-state index contributed by atoms with van der Waals surface area (Å²) < 4.78 is 23.0. The van der Waals surface area contributed by atoms with Crippen molar-refractivity contribution in [2.24, 2.45) is 0 Å². The summed E-state index contributed by atoms with van der Waals surface area (Å²) in [4.78, 5) is 0.0558. The zero-order valence-corrected chi connectivity index (χ0v) is 10.0. The van der Waals surface area contributed by atoms with Crippen LogP contribution in [0.3, 0.4) is 0 Å². The topological polar surface area (TPSA) is 81.7 Å². The van der Waals surface area contributed by atoms with E-state index < -0.39 is 9.84 Å². The van der Waals surface area contributed by atoms with Gasteiger partial charge in [-0.25, -0.2) is 8.42 Å². The molecule has 1 rings (SSSR count). The zero-order chi connectivity index (χ0) is 11.6. The van der Waals surface area contributed by atoms with E-state index in [1.54, 1.807) is 12.1 Å². The van der Waals surface area contributed by atoms with Gasteiger partial charge in [-0.05, 0) is 0 Å². The Morgan fingerprint density at radius 1 is 1.40 bits per heavy atom. The van der Waals surface area contributed by atoms with Gasteiger partial charge in [0.05, 0.1) is 10.8 Å². The van der Waals surface area contributed by atoms with Crippen molar-refractivity contribution in [2.75, 3.05) is 5.75 Å². The Hall–Kier alpha value is -1.08. The molecule has 0 saturated heterocycles. The van der Waals surface area contributed by atoms with Crippen molar-refractivity contribution < 1.29 is 8.42 Å². The fourth-order valence-electron chi connectivity index (χ4n) is 0.908. The van der Waals surface area contributed by atoms with Crippen molar-refractivity contribution in [1.82, 2.24) is 0 Å². The van der Waals surface area contributed by atoms with Crippen LogP contribution in [-0.2, 0) is 9.84 Å². The number of rotatable bonds is 2. The van der Waals surface area contributed by atoms with E-state index in [4.69, 9.17) is 22.1 Å². The van der Waals surface area contributed by atoms with Crippen molar-refractivity contribution in [2.45, 2.75) is 11.1 Å². The summed E-state index contributed by atoms with van der Waals surface area (Å²) in [6.07, 6.45) is 0. The molecule has 0 aliphatic carbocycles. The molecule has 1 aromatic heterocycles. The van der Waals surface area contributed by atoms with Gasteiger partial charge in [0.15, 0.2) is 9.84 Å². The van der Waals surface area contributed by atoms with E-state index in [9.17, 15) is 8.42 Å². The van der Waals surface area contributed by atoms with Crippen LogP contribution in [0.2, 0.25) is 5.02 Å². The van der Waals surface area contributed by atoms with Gasteiger partial charge in [0, 0.05) is 0 Å². The largest absolute Gasteiger partial charge is 0.223 e. The maximum Gasteiger partial charge on any atom is 0.188 e. The summed E-state index contributed by atoms with van der Waals surface area (Å²) >= 11 is 6.43. The summed E-state index contributed by atoms with van der Waals surface area (Å²) in [6, 6.07) is 3.46. The molecule has 0 aliphatic heterocycles. The lowest BCUT2D eigenvalue weighted by Crippen LogP contribution is -2.02. The highest BCUT2D eigenvalue weighted by Gasteiger charge is 2.25. The molecular weight excluding hydrogens is 256 g/mol. The first-order chi connectivity index (χ1) is 6.97. The first-order valence-corrected chi connectivity index (χ1v) is 6.67. The van der Waals surface area contributed by atoms with Gasteiger partial charge in [0.1, 0.15) is 26.8 Å². The van der Waals surface area contributed by atoms with Crippen LogP contribution in [0.4, 0.5) is 0 Å². The SMILES string of the molecule is CCS(=O)(=O)c1sc(C#N)c(Cl)c1C#N. The van der Waals surface area contributed by atoms with Crippen molar-refractivity contribution in [3.8, 4) is 12.1 Å². The number of thiophene rings is 1. The van der Waals surface area contributed by atoms with E-state index in [2.05, 4.69) is 0 Å². The Bertz CT molecular complexity index is 575. The van der Waals surface area contributed by atoms with Gasteiger partial charge in [-0.3, -0.25) is 0 Å². The minimum atomic E-state index is -3.49. The summed E-state index contributed by atoms with van der Waals surface area (Å²) in [6.45, 7) is 1.47. The third-order valence-corrected chi connectivity index (χ3v) is 5.61. The molecule has 0 aliphatic rings. The molecule has 0 atom stereocenters. The molecular formula is C8H5ClN2O2S2. The molecule has 1 heterocycles. The number of hydrogen-bond acceptors (Lipinski definition) is 5. The van der Waals surface area contributed by atoms with Gasteiger partial charge in [-0.2, -0.15) is 10.5 Å². The second-order valence-electron chi connectivity index (χ2n) is 2.53. The molecule has 15 heavy (non-hydrogen) atoms. The highest BCUT2D eigenvalue weighted by atomic mass is 35.5. The van der Waals surface area contributed by atoms with Crippen LogP contribution in [0, 0.1) is 22.7 Å². The Kier molecular flexibility index (Phi) is 3.35. The molecule has 0 saturated carbocycles. The Balaban J connectivity index is 3.61. The Morgan fingerprint density at radius 3 is 2.40 bits per heavy atom. The van der Waals surface area contributed by atoms with Crippen molar-refractivity contribution >= 4 is 32.8 Å². The molecule has 4 nitrogen and oxygen atoms in total. The van der Waals surface area contributed by atoms with E-state index in [0.29, 0.717) is 0 Å². The van der Waals surface area contributed by atoms with Crippen LogP contribution in [0.1, 0.15) is 17.4 Å². The predicted molar refractivity (Wildman–Crippen MR) is 56.5 cm³/mol. The highest BCUT2D eigenvalue weighted by Crippen LogP contribution is 2.35. The number of halogens is 1. The van der Waals surface area contributed by atoms with Crippen LogP contribution in [-0.4, -0.2) is 14.2 Å². The fourth-order valence-corrected chi connectivity index (χ4v) is 3.82. The monoisotopic (exact) mass is 260 g/mol. The third-order valence-electron chi connectivity index (χ3n) is 1.69. The van der Waals surface area contributed by atoms with Crippen LogP contribution >= 0.6 is 22.9 Å². The molecule has 1 aromatic rings. The maximum absolute atomic E-state index is 11.6. The van der Waals surface area contributed by atoms with Crippen LogP contribution in [0.15, 0.2) is 4.21 Å². The van der Waals surface area contributed by atoms with Crippen molar-refractivity contribution in [3.63, 3.8) is 0 Å². The quantitative estimate of drug-likeness (QED) is 0.814. The van der Waals surface area contributed by atoms with Crippen LogP contribution in [0.25, 0.3) is 0 Å². The molecule has 0 spiro atoms. The van der Waals surface area contributed by atoms with Gasteiger partial charge in [-0.1, -0.05) is 18.5 Å². The summed E-state index contributed by atoms with van der Waals surface area (Å²) in [5.74, 6) is -0.122. The summed E-state index contributed by atoms with van der Waals surface area (Å²) in [5.41, 5.74) is -0.125. The van der Waals surface area contributed by atoms with Gasteiger partial charge < -0.3 is 0 Å². The minimum Gasteiger partial charge on any atom is -0.223 e. The highest BCUT2D eigenvalue weighted by molar-refractivity contribution is 7.93. The lowest BCUT2D eigenvalue weighted by Gasteiger charge is -1.96. The standard InChI is InChI=1S/C8H5ClN2O2S2/c1-2-15(12,13)8-5(3-10)7(9)6(4-11)14-8/h2H2,1H3. The zero-order valence-electron chi connectivity index (χ0n) is 7.61. The average Bonchev–Trinajstić information content (AvgIpc) is 2.55. The van der Waals surface area contributed by atoms with E-state index >= 15 is 0 Å². The van der Waals surface area contributed by atoms with E-state index in [1.165, 1.54) is 6.92 Å². The number of hydrogen-bond donors (Lipinski definition) is 0. The molecule has 0 N–H and O–H groups in total. The summed E-state index contributed by atoms with van der Waals surface area (Å²) in [7, 11) is -3.49. The molecule has 0 bridgehead atoms. The fraction of sp³-hybridized carbons (Fsp3) is 0.250. The Morgan fingerprint density at radius 2 is 2.00 bits per heavy atom. The van der Waals surface area contributed by atoms with Gasteiger partial charge in [0.25, 0.3) is 0 Å². The lowest BCUT2D eigenvalue weighted by atomic mass is 10.3. The third kappa shape index (κ3) is 1.98. The van der Waals surface area contributed by atoms with Crippen LogP contribution < -0.4 is 0 Å². The molecule has 0 radical (unpaired) electrons. The number of nitrogens with zero attached hydrogens (tertiary/aromatic N) is 2. The smallest absolute Gasteiger partial charge is 0.188 e. The van der Waals surface area contributed by atoms with E-state index in [0.717, 1.165) is 11.3 Å². The summed E-state index contributed by atoms with van der Waals surface area (Å²) in [5, 5.41) is 17.4. The van der Waals surface area contributed by atoms with Crippen molar-refractivity contribution in [3.05, 3.63) is 15.5 Å². The van der Waals surface area contributed by atoms with E-state index in [-0.39, 0.29) is 25.4 Å². The minimum absolute atomic E-state index is 0.0558. The molecule has 0 amide bonds. The molecule has 7 heteroatoms. The Labute approximate surface area is 96.2 Å². The first kappa shape index (κ1) is 12.0. The molecule has 0 unspecified atom stereocenters. The number of sulfone groups is 1. The second-order valence-corrected chi connectivity index (χ2v) is 6.41. The first-order valence-electron chi connectivity index (χ1n) is 3.83. The average molecular weight is 261 g/mol. The van der Waals surface area contributed by atoms with Gasteiger partial charge in [-0.15, -0.1) is 11.3 Å². The molecule has 0 aromatic carbocycles. The molecule has 0 fully saturated rings. The van der Waals surface area contributed by atoms with E-state index in [1.807, 2.05) is 0 Å². The van der Waals surface area contributed by atoms with Crippen molar-refractivity contribution in [1.29, 1.82) is 10.5 Å². The second kappa shape index (κ2) is 4.19. The predicted octanol–water partition coefficient (Wildman–Crippen LogP) is 1.94. The van der Waals surface area contributed by atoms with Gasteiger partial charge in [0.2, 0.25) is 0 Å². The van der Waals surface area contributed by atoms with Crippen LogP contribution in [0.5, 0.6) is 0 Å². The normalized spacial score (nSPS) is 10.7. The van der Waals surface area contributed by atoms with Gasteiger partial charge >= 0.3 is 0 Å². The number of nitriles is 2. The maximum atomic E-state index is 11.6.